The molecule has 2 N–H and O–H groups in total. The van der Waals surface area contributed by atoms with Crippen molar-refractivity contribution in [1.29, 1.82) is 0 Å². The van der Waals surface area contributed by atoms with E-state index in [-0.39, 0.29) is 5.91 Å². The highest BCUT2D eigenvalue weighted by Gasteiger charge is 2.19. The summed E-state index contributed by atoms with van der Waals surface area (Å²) in [5.41, 5.74) is 0.352. The minimum atomic E-state index is -2.54. The molecular weight excluding hydrogens is 324 g/mol. The molecule has 1 aliphatic heterocycles. The maximum absolute atomic E-state index is 12.5. The third kappa shape index (κ3) is 5.70. The summed E-state index contributed by atoms with van der Waals surface area (Å²) in [6.45, 7) is 1.82. The van der Waals surface area contributed by atoms with E-state index in [1.807, 2.05) is 0 Å². The van der Waals surface area contributed by atoms with E-state index in [4.69, 9.17) is 0 Å². The number of carbonyl (C=O) groups is 2. The average Bonchev–Trinajstić information content (AvgIpc) is 2.90. The average molecular weight is 343 g/mol. The third-order valence-corrected chi connectivity index (χ3v) is 4.20. The second-order valence-corrected chi connectivity index (χ2v) is 6.13. The molecule has 1 heterocycles. The van der Waals surface area contributed by atoms with E-state index in [1.54, 1.807) is 23.1 Å². The van der Waals surface area contributed by atoms with Crippen molar-refractivity contribution in [1.82, 2.24) is 10.2 Å². The quantitative estimate of drug-likeness (QED) is 0.591. The molecule has 1 aromatic rings. The van der Waals surface area contributed by atoms with E-state index in [0.717, 1.165) is 13.0 Å². The van der Waals surface area contributed by atoms with Crippen LogP contribution in [0.15, 0.2) is 29.2 Å². The number of halogens is 2. The van der Waals surface area contributed by atoms with Gasteiger partial charge in [-0.1, -0.05) is 23.9 Å². The summed E-state index contributed by atoms with van der Waals surface area (Å²) in [6, 6.07) is 5.98. The van der Waals surface area contributed by atoms with Crippen molar-refractivity contribution in [3.05, 3.63) is 24.3 Å². The van der Waals surface area contributed by atoms with Crippen LogP contribution < -0.4 is 10.6 Å². The summed E-state index contributed by atoms with van der Waals surface area (Å²) >= 11 is 0.392. The Labute approximate surface area is 137 Å². The number of hydrogen-bond acceptors (Lipinski definition) is 3. The number of hydrogen-bond donors (Lipinski definition) is 2. The number of amides is 3. The van der Waals surface area contributed by atoms with Crippen LogP contribution in [0.2, 0.25) is 0 Å². The van der Waals surface area contributed by atoms with Crippen LogP contribution in [-0.4, -0.2) is 42.2 Å². The highest BCUT2D eigenvalue weighted by Crippen LogP contribution is 2.31. The van der Waals surface area contributed by atoms with Gasteiger partial charge in [-0.25, -0.2) is 4.79 Å². The zero-order chi connectivity index (χ0) is 16.7. The summed E-state index contributed by atoms with van der Waals surface area (Å²) in [4.78, 5) is 25.3. The molecule has 1 aromatic carbocycles. The van der Waals surface area contributed by atoms with Gasteiger partial charge in [-0.2, -0.15) is 8.78 Å². The number of rotatable bonds is 7. The fraction of sp³-hybridized carbons (Fsp3) is 0.467. The Morgan fingerprint density at radius 2 is 2.13 bits per heavy atom. The van der Waals surface area contributed by atoms with Crippen molar-refractivity contribution in [2.24, 2.45) is 0 Å². The van der Waals surface area contributed by atoms with Crippen molar-refractivity contribution in [2.75, 3.05) is 25.0 Å². The molecule has 0 saturated carbocycles. The lowest BCUT2D eigenvalue weighted by molar-refractivity contribution is -0.127. The largest absolute Gasteiger partial charge is 0.343 e. The minimum absolute atomic E-state index is 0.160. The topological polar surface area (TPSA) is 61.4 Å². The summed E-state index contributed by atoms with van der Waals surface area (Å²) in [5.74, 6) is -2.38. The first-order valence-electron chi connectivity index (χ1n) is 7.43. The van der Waals surface area contributed by atoms with Crippen LogP contribution in [0.25, 0.3) is 0 Å². The fourth-order valence-electron chi connectivity index (χ4n) is 2.35. The number of urea groups is 1. The lowest BCUT2D eigenvalue weighted by Gasteiger charge is -2.15. The van der Waals surface area contributed by atoms with Gasteiger partial charge in [0.25, 0.3) is 5.76 Å². The molecule has 5 nitrogen and oxygen atoms in total. The van der Waals surface area contributed by atoms with Crippen molar-refractivity contribution < 1.29 is 18.4 Å². The van der Waals surface area contributed by atoms with Gasteiger partial charge < -0.3 is 15.5 Å². The van der Waals surface area contributed by atoms with Crippen LogP contribution in [0.5, 0.6) is 0 Å². The van der Waals surface area contributed by atoms with E-state index in [2.05, 4.69) is 10.6 Å². The van der Waals surface area contributed by atoms with Gasteiger partial charge in [-0.05, 0) is 25.0 Å². The molecule has 0 bridgehead atoms. The molecule has 0 spiro atoms. The normalized spacial score (nSPS) is 14.4. The molecule has 1 aliphatic rings. The zero-order valence-electron chi connectivity index (χ0n) is 12.6. The molecule has 0 atom stereocenters. The predicted molar refractivity (Wildman–Crippen MR) is 85.8 cm³/mol. The van der Waals surface area contributed by atoms with Crippen LogP contribution >= 0.6 is 11.8 Å². The van der Waals surface area contributed by atoms with Gasteiger partial charge in [0.2, 0.25) is 5.91 Å². The second-order valence-electron chi connectivity index (χ2n) is 5.09. The van der Waals surface area contributed by atoms with Gasteiger partial charge in [-0.15, -0.1) is 0 Å². The molecule has 0 unspecified atom stereocenters. The number of benzene rings is 1. The van der Waals surface area contributed by atoms with Gasteiger partial charge in [0.05, 0.1) is 5.69 Å². The number of nitrogens with zero attached hydrogens (tertiary/aromatic N) is 1. The Morgan fingerprint density at radius 1 is 1.35 bits per heavy atom. The molecule has 0 aromatic heterocycles. The molecule has 1 saturated heterocycles. The zero-order valence-corrected chi connectivity index (χ0v) is 13.4. The molecule has 0 aliphatic carbocycles. The maximum atomic E-state index is 12.5. The summed E-state index contributed by atoms with van der Waals surface area (Å²) in [5, 5.41) is 5.23. The highest BCUT2D eigenvalue weighted by molar-refractivity contribution is 7.99. The number of likely N-dealkylation sites (tertiary alicyclic amines) is 1. The van der Waals surface area contributed by atoms with Gasteiger partial charge in [0, 0.05) is 31.0 Å². The van der Waals surface area contributed by atoms with Crippen LogP contribution in [-0.2, 0) is 4.79 Å². The van der Waals surface area contributed by atoms with E-state index >= 15 is 0 Å². The lowest BCUT2D eigenvalue weighted by atomic mass is 10.3. The van der Waals surface area contributed by atoms with Crippen LogP contribution in [0.3, 0.4) is 0 Å². The van der Waals surface area contributed by atoms with Crippen molar-refractivity contribution in [3.8, 4) is 0 Å². The Hall–Kier alpha value is -1.83. The SMILES string of the molecule is O=C(NCCCN1CCCC1=O)Nc1ccccc1SC(F)F. The number of carbonyl (C=O) groups excluding carboxylic acids is 2. The number of alkyl halides is 2. The van der Waals surface area contributed by atoms with E-state index in [1.165, 1.54) is 6.07 Å². The summed E-state index contributed by atoms with van der Waals surface area (Å²) in [7, 11) is 0. The molecule has 23 heavy (non-hydrogen) atoms. The van der Waals surface area contributed by atoms with E-state index in [0.29, 0.717) is 48.3 Å². The molecule has 8 heteroatoms. The first kappa shape index (κ1) is 17.5. The van der Waals surface area contributed by atoms with E-state index < -0.39 is 11.8 Å². The molecule has 0 radical (unpaired) electrons. The molecule has 1 fully saturated rings. The Bertz CT molecular complexity index is 557. The first-order chi connectivity index (χ1) is 11.1. The fourth-order valence-corrected chi connectivity index (χ4v) is 2.94. The van der Waals surface area contributed by atoms with Crippen molar-refractivity contribution >= 4 is 29.4 Å². The predicted octanol–water partition coefficient (Wildman–Crippen LogP) is 3.14. The molecule has 3 amide bonds. The monoisotopic (exact) mass is 343 g/mol. The molecule has 2 rings (SSSR count). The van der Waals surface area contributed by atoms with Crippen molar-refractivity contribution in [3.63, 3.8) is 0 Å². The number of para-hydroxylation sites is 1. The van der Waals surface area contributed by atoms with Crippen LogP contribution in [0, 0.1) is 0 Å². The highest BCUT2D eigenvalue weighted by atomic mass is 32.2. The number of nitrogens with one attached hydrogen (secondary N) is 2. The van der Waals surface area contributed by atoms with Gasteiger partial charge in [0.1, 0.15) is 0 Å². The van der Waals surface area contributed by atoms with Gasteiger partial charge >= 0.3 is 6.03 Å². The molecule has 126 valence electrons. The first-order valence-corrected chi connectivity index (χ1v) is 8.30. The van der Waals surface area contributed by atoms with Crippen LogP contribution in [0.4, 0.5) is 19.3 Å². The minimum Gasteiger partial charge on any atom is -0.343 e. The smallest absolute Gasteiger partial charge is 0.319 e. The summed E-state index contributed by atoms with van der Waals surface area (Å²) in [6.07, 6.45) is 2.16. The van der Waals surface area contributed by atoms with Gasteiger partial charge in [-0.3, -0.25) is 4.79 Å². The number of anilines is 1. The Balaban J connectivity index is 1.73. The molecular formula is C15H19F2N3O2S. The third-order valence-electron chi connectivity index (χ3n) is 3.41. The Kier molecular flexibility index (Phi) is 6.64. The Morgan fingerprint density at radius 3 is 2.83 bits per heavy atom. The van der Waals surface area contributed by atoms with E-state index in [9.17, 15) is 18.4 Å². The lowest BCUT2D eigenvalue weighted by Crippen LogP contribution is -2.33. The second kappa shape index (κ2) is 8.71. The van der Waals surface area contributed by atoms with Crippen LogP contribution in [0.1, 0.15) is 19.3 Å². The maximum Gasteiger partial charge on any atom is 0.319 e. The number of thioether (sulfide) groups is 1. The summed E-state index contributed by atoms with van der Waals surface area (Å²) < 4.78 is 24.9. The van der Waals surface area contributed by atoms with Crippen molar-refractivity contribution in [2.45, 2.75) is 29.9 Å². The van der Waals surface area contributed by atoms with Gasteiger partial charge in [0.15, 0.2) is 0 Å². The standard InChI is InChI=1S/C15H19F2N3O2S/c16-14(17)23-12-6-2-1-5-11(12)19-15(22)18-8-4-10-20-9-3-7-13(20)21/h1-2,5-6,14H,3-4,7-10H2,(H2,18,19,22).